The smallest absolute Gasteiger partial charge is 0.265 e. The molecular formula is C18H18FN3OS. The number of amides is 1. The van der Waals surface area contributed by atoms with Crippen LogP contribution in [0.3, 0.4) is 0 Å². The van der Waals surface area contributed by atoms with Gasteiger partial charge in [0, 0.05) is 22.7 Å². The molecule has 1 amide bonds. The maximum Gasteiger partial charge on any atom is 0.265 e. The Bertz CT molecular complexity index is 791. The lowest BCUT2D eigenvalue weighted by Crippen LogP contribution is -2.30. The van der Waals surface area contributed by atoms with Crippen LogP contribution in [0.4, 0.5) is 10.1 Å². The quantitative estimate of drug-likeness (QED) is 0.509. The van der Waals surface area contributed by atoms with E-state index in [4.69, 9.17) is 5.84 Å². The van der Waals surface area contributed by atoms with Gasteiger partial charge in [-0.2, -0.15) is 0 Å². The SMILES string of the molecule is C=C1CSC(c2ccc(F)cc2)N1c1ccc(C(=O)NN)cc1C. The number of carbonyl (C=O) groups is 1. The Morgan fingerprint density at radius 2 is 2.04 bits per heavy atom. The molecule has 0 aliphatic carbocycles. The van der Waals surface area contributed by atoms with Gasteiger partial charge >= 0.3 is 0 Å². The molecule has 4 nitrogen and oxygen atoms in total. The van der Waals surface area contributed by atoms with Crippen molar-refractivity contribution in [3.63, 3.8) is 0 Å². The average molecular weight is 343 g/mol. The summed E-state index contributed by atoms with van der Waals surface area (Å²) in [7, 11) is 0. The number of nitrogen functional groups attached to an aromatic ring is 1. The number of halogens is 1. The number of nitrogens with one attached hydrogen (secondary N) is 1. The van der Waals surface area contributed by atoms with Crippen LogP contribution < -0.4 is 16.2 Å². The number of hydrogen-bond acceptors (Lipinski definition) is 4. The first-order chi connectivity index (χ1) is 11.5. The van der Waals surface area contributed by atoms with Gasteiger partial charge in [0.25, 0.3) is 5.91 Å². The largest absolute Gasteiger partial charge is 0.328 e. The number of thioether (sulfide) groups is 1. The Kier molecular flexibility index (Phi) is 4.59. The number of nitrogens with two attached hydrogens (primary N) is 1. The summed E-state index contributed by atoms with van der Waals surface area (Å²) in [4.78, 5) is 13.8. The summed E-state index contributed by atoms with van der Waals surface area (Å²) in [5, 5.41) is 0.0333. The molecule has 3 rings (SSSR count). The first-order valence-corrected chi connectivity index (χ1v) is 8.52. The van der Waals surface area contributed by atoms with E-state index in [9.17, 15) is 9.18 Å². The van der Waals surface area contributed by atoms with Gasteiger partial charge in [-0.1, -0.05) is 18.7 Å². The highest BCUT2D eigenvalue weighted by Gasteiger charge is 2.31. The van der Waals surface area contributed by atoms with Crippen LogP contribution in [-0.4, -0.2) is 11.7 Å². The zero-order chi connectivity index (χ0) is 17.3. The summed E-state index contributed by atoms with van der Waals surface area (Å²) < 4.78 is 13.2. The first kappa shape index (κ1) is 16.5. The molecular weight excluding hydrogens is 325 g/mol. The third-order valence-corrected chi connectivity index (χ3v) is 5.29. The number of hydrogen-bond donors (Lipinski definition) is 2. The van der Waals surface area contributed by atoms with Crippen LogP contribution in [0.1, 0.15) is 26.9 Å². The van der Waals surface area contributed by atoms with E-state index in [0.717, 1.165) is 28.3 Å². The summed E-state index contributed by atoms with van der Waals surface area (Å²) in [6, 6.07) is 12.0. The third-order valence-electron chi connectivity index (χ3n) is 3.99. The van der Waals surface area contributed by atoms with Crippen molar-refractivity contribution < 1.29 is 9.18 Å². The molecule has 0 bridgehead atoms. The number of anilines is 1. The van der Waals surface area contributed by atoms with Gasteiger partial charge in [-0.3, -0.25) is 10.2 Å². The minimum Gasteiger partial charge on any atom is -0.328 e. The Balaban J connectivity index is 1.98. The zero-order valence-corrected chi connectivity index (χ0v) is 14.1. The molecule has 1 unspecified atom stereocenters. The van der Waals surface area contributed by atoms with Gasteiger partial charge in [0.15, 0.2) is 0 Å². The molecule has 0 aromatic heterocycles. The molecule has 124 valence electrons. The number of hydrazine groups is 1. The molecule has 3 N–H and O–H groups in total. The van der Waals surface area contributed by atoms with Crippen LogP contribution in [0.15, 0.2) is 54.7 Å². The number of benzene rings is 2. The normalized spacial score (nSPS) is 17.2. The molecule has 24 heavy (non-hydrogen) atoms. The molecule has 0 radical (unpaired) electrons. The average Bonchev–Trinajstić information content (AvgIpc) is 2.96. The predicted octanol–water partition coefficient (Wildman–Crippen LogP) is 3.50. The molecule has 1 atom stereocenters. The molecule has 1 aliphatic heterocycles. The van der Waals surface area contributed by atoms with Gasteiger partial charge in [0.05, 0.1) is 0 Å². The molecule has 2 aromatic carbocycles. The highest BCUT2D eigenvalue weighted by atomic mass is 32.2. The Morgan fingerprint density at radius 3 is 2.67 bits per heavy atom. The van der Waals surface area contributed by atoms with E-state index >= 15 is 0 Å². The maximum absolute atomic E-state index is 13.2. The summed E-state index contributed by atoms with van der Waals surface area (Å²) in [5.41, 5.74) is 6.57. The molecule has 6 heteroatoms. The fourth-order valence-electron chi connectivity index (χ4n) is 2.80. The van der Waals surface area contributed by atoms with Gasteiger partial charge in [-0.25, -0.2) is 10.2 Å². The van der Waals surface area contributed by atoms with E-state index in [1.165, 1.54) is 12.1 Å². The molecule has 0 spiro atoms. The topological polar surface area (TPSA) is 58.4 Å². The molecule has 0 saturated carbocycles. The highest BCUT2D eigenvalue weighted by molar-refractivity contribution is 8.00. The lowest BCUT2D eigenvalue weighted by Gasteiger charge is -2.28. The number of rotatable bonds is 3. The van der Waals surface area contributed by atoms with Crippen LogP contribution in [0.5, 0.6) is 0 Å². The molecule has 1 fully saturated rings. The standard InChI is InChI=1S/C18H18FN3OS/c1-11-9-14(17(23)21-20)5-8-16(11)22-12(2)10-24-18(22)13-3-6-15(19)7-4-13/h3-9,18H,2,10,20H2,1H3,(H,21,23). The summed E-state index contributed by atoms with van der Waals surface area (Å²) in [5.74, 6) is 5.41. The van der Waals surface area contributed by atoms with Crippen LogP contribution >= 0.6 is 11.8 Å². The number of carbonyl (C=O) groups excluding carboxylic acids is 1. The lowest BCUT2D eigenvalue weighted by molar-refractivity contribution is 0.0953. The van der Waals surface area contributed by atoms with E-state index in [0.29, 0.717) is 5.56 Å². The van der Waals surface area contributed by atoms with Gasteiger partial charge in [-0.05, 0) is 48.4 Å². The fraction of sp³-hybridized carbons (Fsp3) is 0.167. The van der Waals surface area contributed by atoms with E-state index in [1.807, 2.05) is 13.0 Å². The number of aryl methyl sites for hydroxylation is 1. The van der Waals surface area contributed by atoms with Gasteiger partial charge in [0.2, 0.25) is 0 Å². The fourth-order valence-corrected chi connectivity index (χ4v) is 4.06. The highest BCUT2D eigenvalue weighted by Crippen LogP contribution is 2.46. The zero-order valence-electron chi connectivity index (χ0n) is 13.3. The first-order valence-electron chi connectivity index (χ1n) is 7.47. The van der Waals surface area contributed by atoms with Crippen LogP contribution in [0.2, 0.25) is 0 Å². The van der Waals surface area contributed by atoms with Crippen molar-refractivity contribution in [2.24, 2.45) is 5.84 Å². The molecule has 1 aliphatic rings. The predicted molar refractivity (Wildman–Crippen MR) is 96.1 cm³/mol. The number of nitrogens with zero attached hydrogens (tertiary/aromatic N) is 1. The van der Waals surface area contributed by atoms with Crippen molar-refractivity contribution in [1.29, 1.82) is 0 Å². The third kappa shape index (κ3) is 3.02. The van der Waals surface area contributed by atoms with Gasteiger partial charge in [0.1, 0.15) is 11.2 Å². The molecule has 1 saturated heterocycles. The van der Waals surface area contributed by atoms with Gasteiger partial charge < -0.3 is 4.90 Å². The lowest BCUT2D eigenvalue weighted by atomic mass is 10.1. The second-order valence-electron chi connectivity index (χ2n) is 5.63. The van der Waals surface area contributed by atoms with E-state index in [-0.39, 0.29) is 17.1 Å². The minimum atomic E-state index is -0.325. The summed E-state index contributed by atoms with van der Waals surface area (Å²) in [6.45, 7) is 6.10. The minimum absolute atomic E-state index is 0.0333. The van der Waals surface area contributed by atoms with E-state index < -0.39 is 0 Å². The van der Waals surface area contributed by atoms with Crippen LogP contribution in [0, 0.1) is 12.7 Å². The van der Waals surface area contributed by atoms with Crippen molar-refractivity contribution >= 4 is 23.4 Å². The van der Waals surface area contributed by atoms with Crippen molar-refractivity contribution in [2.75, 3.05) is 10.7 Å². The van der Waals surface area contributed by atoms with Crippen LogP contribution in [0.25, 0.3) is 0 Å². The second kappa shape index (κ2) is 6.67. The monoisotopic (exact) mass is 343 g/mol. The van der Waals surface area contributed by atoms with Crippen molar-refractivity contribution in [1.82, 2.24) is 5.43 Å². The van der Waals surface area contributed by atoms with Gasteiger partial charge in [-0.15, -0.1) is 11.8 Å². The van der Waals surface area contributed by atoms with Crippen LogP contribution in [-0.2, 0) is 0 Å². The maximum atomic E-state index is 13.2. The van der Waals surface area contributed by atoms with E-state index in [1.54, 1.807) is 36.0 Å². The second-order valence-corrected chi connectivity index (χ2v) is 6.69. The summed E-state index contributed by atoms with van der Waals surface area (Å²) >= 11 is 1.74. The Hall–Kier alpha value is -2.31. The van der Waals surface area contributed by atoms with Crippen molar-refractivity contribution in [3.05, 3.63) is 77.2 Å². The molecule has 1 heterocycles. The summed E-state index contributed by atoms with van der Waals surface area (Å²) in [6.07, 6.45) is 0. The van der Waals surface area contributed by atoms with E-state index in [2.05, 4.69) is 16.9 Å². The van der Waals surface area contributed by atoms with Crippen molar-refractivity contribution in [2.45, 2.75) is 12.3 Å². The Morgan fingerprint density at radius 1 is 1.33 bits per heavy atom. The molecule has 2 aromatic rings. The van der Waals surface area contributed by atoms with Crippen molar-refractivity contribution in [3.8, 4) is 0 Å². The Labute approximate surface area is 144 Å².